The standard InChI is InChI=1S/C11H16.C2H6.ClH/c1-8(2)11-6-5-9(3)10(4)7-11;1-2;/h5-8H,1-4H3;1-2H3;1H. The van der Waals surface area contributed by atoms with Crippen LogP contribution in [0.5, 0.6) is 0 Å². The molecule has 0 aromatic heterocycles. The van der Waals surface area contributed by atoms with Gasteiger partial charge in [0.15, 0.2) is 0 Å². The van der Waals surface area contributed by atoms with Gasteiger partial charge in [-0.1, -0.05) is 45.9 Å². The van der Waals surface area contributed by atoms with Crippen molar-refractivity contribution in [3.05, 3.63) is 34.9 Å². The van der Waals surface area contributed by atoms with Crippen LogP contribution < -0.4 is 0 Å². The van der Waals surface area contributed by atoms with Crippen molar-refractivity contribution in [3.8, 4) is 0 Å². The molecule has 0 aliphatic carbocycles. The van der Waals surface area contributed by atoms with Crippen molar-refractivity contribution in [1.82, 2.24) is 0 Å². The van der Waals surface area contributed by atoms with Crippen LogP contribution in [0.4, 0.5) is 0 Å². The number of hydrogen-bond acceptors (Lipinski definition) is 0. The van der Waals surface area contributed by atoms with Crippen LogP contribution in [0.3, 0.4) is 0 Å². The first-order valence-corrected chi connectivity index (χ1v) is 5.18. The van der Waals surface area contributed by atoms with E-state index in [4.69, 9.17) is 0 Å². The van der Waals surface area contributed by atoms with Crippen LogP contribution in [0.1, 0.15) is 50.3 Å². The highest BCUT2D eigenvalue weighted by atomic mass is 35.5. The molecule has 1 aromatic carbocycles. The Bertz CT molecular complexity index is 251. The monoisotopic (exact) mass is 214 g/mol. The first-order chi connectivity index (χ1) is 6.11. The van der Waals surface area contributed by atoms with Crippen molar-refractivity contribution in [2.24, 2.45) is 0 Å². The van der Waals surface area contributed by atoms with E-state index in [2.05, 4.69) is 45.9 Å². The minimum atomic E-state index is 0. The van der Waals surface area contributed by atoms with Crippen LogP contribution in [0.2, 0.25) is 0 Å². The molecule has 1 aromatic rings. The minimum absolute atomic E-state index is 0. The molecule has 1 heteroatoms. The lowest BCUT2D eigenvalue weighted by Crippen LogP contribution is -1.89. The van der Waals surface area contributed by atoms with E-state index >= 15 is 0 Å². The molecule has 14 heavy (non-hydrogen) atoms. The summed E-state index contributed by atoms with van der Waals surface area (Å²) in [5.74, 6) is 0.647. The fraction of sp³-hybridized carbons (Fsp3) is 0.538. The van der Waals surface area contributed by atoms with Crippen molar-refractivity contribution >= 4 is 12.4 Å². The average molecular weight is 215 g/mol. The molecule has 1 rings (SSSR count). The highest BCUT2D eigenvalue weighted by Gasteiger charge is 1.99. The number of hydrogen-bond donors (Lipinski definition) is 0. The summed E-state index contributed by atoms with van der Waals surface area (Å²) >= 11 is 0. The van der Waals surface area contributed by atoms with E-state index in [1.54, 1.807) is 0 Å². The Morgan fingerprint density at radius 1 is 0.929 bits per heavy atom. The smallest absolute Gasteiger partial charge is 0.0219 e. The highest BCUT2D eigenvalue weighted by molar-refractivity contribution is 5.85. The van der Waals surface area contributed by atoms with Crippen molar-refractivity contribution in [1.29, 1.82) is 0 Å². The zero-order valence-corrected chi connectivity index (χ0v) is 11.0. The Kier molecular flexibility index (Phi) is 8.97. The van der Waals surface area contributed by atoms with Crippen LogP contribution >= 0.6 is 12.4 Å². The molecule has 0 bridgehead atoms. The Hall–Kier alpha value is -0.490. The largest absolute Gasteiger partial charge is 0.147 e. The molecule has 0 N–H and O–H groups in total. The predicted molar refractivity (Wildman–Crippen MR) is 68.6 cm³/mol. The van der Waals surface area contributed by atoms with Gasteiger partial charge in [-0.2, -0.15) is 0 Å². The summed E-state index contributed by atoms with van der Waals surface area (Å²) in [4.78, 5) is 0. The van der Waals surface area contributed by atoms with Gasteiger partial charge in [-0.15, -0.1) is 12.4 Å². The zero-order valence-electron chi connectivity index (χ0n) is 10.2. The zero-order chi connectivity index (χ0) is 10.4. The SMILES string of the molecule is CC.Cc1ccc(C(C)C)cc1C.Cl. The van der Waals surface area contributed by atoms with Crippen LogP contribution in [-0.2, 0) is 0 Å². The van der Waals surface area contributed by atoms with E-state index in [9.17, 15) is 0 Å². The average Bonchev–Trinajstić information content (AvgIpc) is 2.13. The quantitative estimate of drug-likeness (QED) is 0.626. The molecule has 0 unspecified atom stereocenters. The van der Waals surface area contributed by atoms with Gasteiger partial charge in [-0.3, -0.25) is 0 Å². The maximum Gasteiger partial charge on any atom is -0.0219 e. The third kappa shape index (κ3) is 4.66. The van der Waals surface area contributed by atoms with E-state index in [1.807, 2.05) is 13.8 Å². The van der Waals surface area contributed by atoms with E-state index in [1.165, 1.54) is 16.7 Å². The van der Waals surface area contributed by atoms with Gasteiger partial charge in [-0.05, 0) is 36.5 Å². The summed E-state index contributed by atoms with van der Waals surface area (Å²) in [7, 11) is 0. The molecule has 0 spiro atoms. The number of rotatable bonds is 1. The predicted octanol–water partition coefficient (Wildman–Crippen LogP) is 4.87. The number of benzene rings is 1. The molecular formula is C13H23Cl. The molecule has 0 fully saturated rings. The summed E-state index contributed by atoms with van der Waals surface area (Å²) in [5.41, 5.74) is 4.22. The highest BCUT2D eigenvalue weighted by Crippen LogP contribution is 2.17. The second-order valence-electron chi connectivity index (χ2n) is 3.50. The summed E-state index contributed by atoms with van der Waals surface area (Å²) in [6.07, 6.45) is 0. The van der Waals surface area contributed by atoms with Crippen molar-refractivity contribution in [3.63, 3.8) is 0 Å². The minimum Gasteiger partial charge on any atom is -0.147 e. The fourth-order valence-electron chi connectivity index (χ4n) is 1.12. The normalized spacial score (nSPS) is 8.79. The molecule has 0 amide bonds. The lowest BCUT2D eigenvalue weighted by Gasteiger charge is -2.07. The summed E-state index contributed by atoms with van der Waals surface area (Å²) in [6.45, 7) is 12.8. The lowest BCUT2D eigenvalue weighted by molar-refractivity contribution is 0.864. The van der Waals surface area contributed by atoms with Crippen LogP contribution in [-0.4, -0.2) is 0 Å². The molecule has 0 aliphatic heterocycles. The third-order valence-corrected chi connectivity index (χ3v) is 2.20. The Morgan fingerprint density at radius 3 is 1.79 bits per heavy atom. The Morgan fingerprint density at radius 2 is 1.43 bits per heavy atom. The second-order valence-corrected chi connectivity index (χ2v) is 3.50. The van der Waals surface area contributed by atoms with Gasteiger partial charge in [0, 0.05) is 0 Å². The summed E-state index contributed by atoms with van der Waals surface area (Å²) in [5, 5.41) is 0. The number of halogens is 1. The van der Waals surface area contributed by atoms with E-state index in [0.717, 1.165) is 0 Å². The summed E-state index contributed by atoms with van der Waals surface area (Å²) in [6, 6.07) is 6.69. The van der Waals surface area contributed by atoms with Gasteiger partial charge in [0.05, 0.1) is 0 Å². The molecule has 82 valence electrons. The molecule has 0 heterocycles. The van der Waals surface area contributed by atoms with Gasteiger partial charge in [0.25, 0.3) is 0 Å². The molecule has 0 saturated heterocycles. The molecular weight excluding hydrogens is 192 g/mol. The molecule has 0 nitrogen and oxygen atoms in total. The molecule has 0 saturated carbocycles. The Balaban J connectivity index is 0. The molecule has 0 aliphatic rings. The fourth-order valence-corrected chi connectivity index (χ4v) is 1.12. The van der Waals surface area contributed by atoms with Gasteiger partial charge in [0.1, 0.15) is 0 Å². The van der Waals surface area contributed by atoms with Gasteiger partial charge in [0.2, 0.25) is 0 Å². The van der Waals surface area contributed by atoms with E-state index in [0.29, 0.717) is 5.92 Å². The topological polar surface area (TPSA) is 0 Å². The molecule has 0 radical (unpaired) electrons. The van der Waals surface area contributed by atoms with Crippen molar-refractivity contribution in [2.45, 2.75) is 47.5 Å². The van der Waals surface area contributed by atoms with Gasteiger partial charge in [-0.25, -0.2) is 0 Å². The number of aryl methyl sites for hydroxylation is 2. The van der Waals surface area contributed by atoms with E-state index in [-0.39, 0.29) is 12.4 Å². The van der Waals surface area contributed by atoms with Crippen molar-refractivity contribution < 1.29 is 0 Å². The summed E-state index contributed by atoms with van der Waals surface area (Å²) < 4.78 is 0. The maximum absolute atomic E-state index is 2.28. The van der Waals surface area contributed by atoms with Crippen LogP contribution in [0.15, 0.2) is 18.2 Å². The van der Waals surface area contributed by atoms with Gasteiger partial charge < -0.3 is 0 Å². The van der Waals surface area contributed by atoms with Gasteiger partial charge >= 0.3 is 0 Å². The molecule has 0 atom stereocenters. The third-order valence-electron chi connectivity index (χ3n) is 2.20. The van der Waals surface area contributed by atoms with Crippen LogP contribution in [0.25, 0.3) is 0 Å². The van der Waals surface area contributed by atoms with Crippen molar-refractivity contribution in [2.75, 3.05) is 0 Å². The van der Waals surface area contributed by atoms with E-state index < -0.39 is 0 Å². The second kappa shape index (κ2) is 7.87. The first-order valence-electron chi connectivity index (χ1n) is 5.18. The maximum atomic E-state index is 2.28. The lowest BCUT2D eigenvalue weighted by atomic mass is 9.99. The first kappa shape index (κ1) is 16.0. The Labute approximate surface area is 95.1 Å². The van der Waals surface area contributed by atoms with Crippen LogP contribution in [0, 0.1) is 13.8 Å².